The van der Waals surface area contributed by atoms with Crippen molar-refractivity contribution in [3.05, 3.63) is 70.3 Å². The number of aromatic nitrogens is 2. The summed E-state index contributed by atoms with van der Waals surface area (Å²) in [4.78, 5) is 29.6. The number of hydrogen-bond acceptors (Lipinski definition) is 3. The fourth-order valence-electron chi connectivity index (χ4n) is 2.83. The van der Waals surface area contributed by atoms with Crippen molar-refractivity contribution in [2.75, 3.05) is 0 Å². The summed E-state index contributed by atoms with van der Waals surface area (Å²) in [6.45, 7) is 1.80. The SMILES string of the molecule is Cc1nc2ccccc2c(=O)n1-c1cccc(C(=O)NC2CC2)c1. The minimum atomic E-state index is -0.127. The first-order chi connectivity index (χ1) is 11.6. The van der Waals surface area contributed by atoms with Crippen LogP contribution in [0.4, 0.5) is 0 Å². The van der Waals surface area contributed by atoms with Crippen LogP contribution in [0.25, 0.3) is 16.6 Å². The van der Waals surface area contributed by atoms with E-state index in [0.717, 1.165) is 12.8 Å². The molecule has 5 heteroatoms. The maximum Gasteiger partial charge on any atom is 0.265 e. The molecule has 120 valence electrons. The van der Waals surface area contributed by atoms with Gasteiger partial charge in [0.1, 0.15) is 5.82 Å². The summed E-state index contributed by atoms with van der Waals surface area (Å²) in [7, 11) is 0. The first-order valence-electron chi connectivity index (χ1n) is 8.03. The Morgan fingerprint density at radius 3 is 2.75 bits per heavy atom. The van der Waals surface area contributed by atoms with Crippen molar-refractivity contribution >= 4 is 16.8 Å². The predicted octanol–water partition coefficient (Wildman–Crippen LogP) is 2.59. The molecule has 2 aromatic carbocycles. The Morgan fingerprint density at radius 1 is 1.17 bits per heavy atom. The van der Waals surface area contributed by atoms with Gasteiger partial charge in [-0.15, -0.1) is 0 Å². The number of rotatable bonds is 3. The first-order valence-corrected chi connectivity index (χ1v) is 8.03. The number of nitrogens with zero attached hydrogens (tertiary/aromatic N) is 2. The lowest BCUT2D eigenvalue weighted by Crippen LogP contribution is -2.26. The molecule has 1 aliphatic rings. The van der Waals surface area contributed by atoms with E-state index in [0.29, 0.717) is 34.0 Å². The van der Waals surface area contributed by atoms with Gasteiger partial charge in [-0.25, -0.2) is 4.98 Å². The molecule has 24 heavy (non-hydrogen) atoms. The van der Waals surface area contributed by atoms with E-state index in [4.69, 9.17) is 0 Å². The Hall–Kier alpha value is -2.95. The fraction of sp³-hybridized carbons (Fsp3) is 0.211. The van der Waals surface area contributed by atoms with Crippen LogP contribution in [0.3, 0.4) is 0 Å². The summed E-state index contributed by atoms with van der Waals surface area (Å²) in [6, 6.07) is 14.7. The summed E-state index contributed by atoms with van der Waals surface area (Å²) in [5, 5.41) is 3.53. The first kappa shape index (κ1) is 14.6. The van der Waals surface area contributed by atoms with Gasteiger partial charge >= 0.3 is 0 Å². The minimum absolute atomic E-state index is 0.0983. The molecule has 1 amide bonds. The lowest BCUT2D eigenvalue weighted by Gasteiger charge is -2.12. The molecule has 0 radical (unpaired) electrons. The number of fused-ring (bicyclic) bond motifs is 1. The molecule has 0 bridgehead atoms. The third kappa shape index (κ3) is 2.58. The van der Waals surface area contributed by atoms with Crippen molar-refractivity contribution in [1.29, 1.82) is 0 Å². The zero-order valence-corrected chi connectivity index (χ0v) is 13.3. The van der Waals surface area contributed by atoms with Crippen LogP contribution in [0, 0.1) is 6.92 Å². The quantitative estimate of drug-likeness (QED) is 0.807. The molecule has 1 saturated carbocycles. The molecule has 3 aromatic rings. The normalized spacial score (nSPS) is 13.9. The van der Waals surface area contributed by atoms with E-state index in [1.165, 1.54) is 0 Å². The monoisotopic (exact) mass is 319 g/mol. The number of carbonyl (C=O) groups excluding carboxylic acids is 1. The third-order valence-corrected chi connectivity index (χ3v) is 4.22. The maximum atomic E-state index is 12.8. The summed E-state index contributed by atoms with van der Waals surface area (Å²) < 4.78 is 1.55. The minimum Gasteiger partial charge on any atom is -0.349 e. The van der Waals surface area contributed by atoms with Crippen LogP contribution in [0.2, 0.25) is 0 Å². The van der Waals surface area contributed by atoms with Crippen LogP contribution in [0.5, 0.6) is 0 Å². The standard InChI is InChI=1S/C19H17N3O2/c1-12-20-17-8-3-2-7-16(17)19(24)22(12)15-6-4-5-13(11-15)18(23)21-14-9-10-14/h2-8,11,14H,9-10H2,1H3,(H,21,23). The predicted molar refractivity (Wildman–Crippen MR) is 92.6 cm³/mol. The molecular formula is C19H17N3O2. The van der Waals surface area contributed by atoms with Crippen molar-refractivity contribution in [3.63, 3.8) is 0 Å². The second-order valence-electron chi connectivity index (χ2n) is 6.11. The summed E-state index contributed by atoms with van der Waals surface area (Å²) in [5.74, 6) is 0.497. The smallest absolute Gasteiger partial charge is 0.265 e. The van der Waals surface area contributed by atoms with Gasteiger partial charge in [-0.3, -0.25) is 14.2 Å². The van der Waals surface area contributed by atoms with Crippen LogP contribution >= 0.6 is 0 Å². The molecular weight excluding hydrogens is 302 g/mol. The Balaban J connectivity index is 1.82. The molecule has 4 rings (SSSR count). The molecule has 5 nitrogen and oxygen atoms in total. The van der Waals surface area contributed by atoms with Gasteiger partial charge < -0.3 is 5.32 Å². The molecule has 1 heterocycles. The molecule has 0 spiro atoms. The van der Waals surface area contributed by atoms with Gasteiger partial charge in [0.2, 0.25) is 0 Å². The lowest BCUT2D eigenvalue weighted by molar-refractivity contribution is 0.0951. The second kappa shape index (κ2) is 5.60. The number of carbonyl (C=O) groups is 1. The van der Waals surface area contributed by atoms with Gasteiger partial charge in [0, 0.05) is 11.6 Å². The summed E-state index contributed by atoms with van der Waals surface area (Å²) in [6.07, 6.45) is 2.08. The Bertz CT molecular complexity index is 1000. The van der Waals surface area contributed by atoms with Crippen LogP contribution < -0.4 is 10.9 Å². The topological polar surface area (TPSA) is 64.0 Å². The highest BCUT2D eigenvalue weighted by Gasteiger charge is 2.24. The van der Waals surface area contributed by atoms with E-state index in [1.54, 1.807) is 35.8 Å². The van der Waals surface area contributed by atoms with E-state index in [-0.39, 0.29) is 11.5 Å². The zero-order valence-electron chi connectivity index (χ0n) is 13.3. The average molecular weight is 319 g/mol. The summed E-state index contributed by atoms with van der Waals surface area (Å²) >= 11 is 0. The Labute approximate surface area is 139 Å². The molecule has 1 fully saturated rings. The van der Waals surface area contributed by atoms with Crippen molar-refractivity contribution in [2.45, 2.75) is 25.8 Å². The highest BCUT2D eigenvalue weighted by Crippen LogP contribution is 2.20. The average Bonchev–Trinajstić information content (AvgIpc) is 3.39. The highest BCUT2D eigenvalue weighted by molar-refractivity contribution is 5.95. The number of hydrogen-bond donors (Lipinski definition) is 1. The molecule has 0 aliphatic heterocycles. The molecule has 1 aromatic heterocycles. The molecule has 0 saturated heterocycles. The number of benzene rings is 2. The van der Waals surface area contributed by atoms with E-state index >= 15 is 0 Å². The van der Waals surface area contributed by atoms with Crippen molar-refractivity contribution in [2.24, 2.45) is 0 Å². The van der Waals surface area contributed by atoms with Gasteiger partial charge in [0.05, 0.1) is 16.6 Å². The van der Waals surface area contributed by atoms with Crippen molar-refractivity contribution in [1.82, 2.24) is 14.9 Å². The number of aryl methyl sites for hydroxylation is 1. The van der Waals surface area contributed by atoms with Crippen molar-refractivity contribution in [3.8, 4) is 5.69 Å². The second-order valence-corrected chi connectivity index (χ2v) is 6.11. The molecule has 0 atom stereocenters. The summed E-state index contributed by atoms with van der Waals surface area (Å²) in [5.41, 5.74) is 1.76. The van der Waals surface area contributed by atoms with Crippen molar-refractivity contribution < 1.29 is 4.79 Å². The third-order valence-electron chi connectivity index (χ3n) is 4.22. The van der Waals surface area contributed by atoms with Gasteiger partial charge in [-0.05, 0) is 50.1 Å². The van der Waals surface area contributed by atoms with E-state index in [2.05, 4.69) is 10.3 Å². The number of amides is 1. The highest BCUT2D eigenvalue weighted by atomic mass is 16.1. The zero-order chi connectivity index (χ0) is 16.7. The van der Waals surface area contributed by atoms with Gasteiger partial charge in [0.25, 0.3) is 11.5 Å². The van der Waals surface area contributed by atoms with E-state index in [1.807, 2.05) is 24.3 Å². The molecule has 0 unspecified atom stereocenters. The van der Waals surface area contributed by atoms with Crippen LogP contribution in [-0.2, 0) is 0 Å². The van der Waals surface area contributed by atoms with E-state index < -0.39 is 0 Å². The van der Waals surface area contributed by atoms with Gasteiger partial charge in [-0.2, -0.15) is 0 Å². The molecule has 1 N–H and O–H groups in total. The van der Waals surface area contributed by atoms with Crippen LogP contribution in [0.1, 0.15) is 29.0 Å². The Kier molecular flexibility index (Phi) is 3.41. The number of para-hydroxylation sites is 1. The van der Waals surface area contributed by atoms with Crippen LogP contribution in [-0.4, -0.2) is 21.5 Å². The largest absolute Gasteiger partial charge is 0.349 e. The molecule has 1 aliphatic carbocycles. The fourth-order valence-corrected chi connectivity index (χ4v) is 2.83. The van der Waals surface area contributed by atoms with Gasteiger partial charge in [-0.1, -0.05) is 18.2 Å². The lowest BCUT2D eigenvalue weighted by atomic mass is 10.1. The Morgan fingerprint density at radius 2 is 1.96 bits per heavy atom. The maximum absolute atomic E-state index is 12.8. The number of nitrogens with one attached hydrogen (secondary N) is 1. The van der Waals surface area contributed by atoms with Gasteiger partial charge in [0.15, 0.2) is 0 Å². The van der Waals surface area contributed by atoms with E-state index in [9.17, 15) is 9.59 Å². The van der Waals surface area contributed by atoms with Crippen LogP contribution in [0.15, 0.2) is 53.3 Å².